The lowest BCUT2D eigenvalue weighted by Gasteiger charge is -2.38. The van der Waals surface area contributed by atoms with Gasteiger partial charge in [0.05, 0.1) is 29.2 Å². The van der Waals surface area contributed by atoms with Crippen molar-refractivity contribution in [2.24, 2.45) is 5.92 Å². The number of carbonyl (C=O) groups excluding carboxylic acids is 2. The first-order valence-corrected chi connectivity index (χ1v) is 18.6. The number of hydrogen-bond acceptors (Lipinski definition) is 9. The van der Waals surface area contributed by atoms with Crippen LogP contribution < -0.4 is 21.1 Å². The van der Waals surface area contributed by atoms with Gasteiger partial charge < -0.3 is 41.1 Å². The van der Waals surface area contributed by atoms with Crippen LogP contribution in [0.3, 0.4) is 0 Å². The van der Waals surface area contributed by atoms with Gasteiger partial charge in [-0.1, -0.05) is 38.7 Å². The Hall–Kier alpha value is -3.48. The number of likely N-dealkylation sites (N-methyl/N-ethyl adjacent to an activating group) is 1. The van der Waals surface area contributed by atoms with Crippen molar-refractivity contribution >= 4 is 43.3 Å². The molecule has 236 valence electrons. The Morgan fingerprint density at radius 3 is 2.70 bits per heavy atom. The highest BCUT2D eigenvalue weighted by Gasteiger charge is 2.35. The van der Waals surface area contributed by atoms with E-state index in [1.54, 1.807) is 4.90 Å². The number of anilines is 3. The first kappa shape index (κ1) is 34.0. The van der Waals surface area contributed by atoms with E-state index in [-0.39, 0.29) is 36.2 Å². The van der Waals surface area contributed by atoms with Gasteiger partial charge in [0.1, 0.15) is 24.9 Å². The smallest absolute Gasteiger partial charge is 0.314 e. The molecule has 1 aliphatic rings. The summed E-state index contributed by atoms with van der Waals surface area (Å²) in [5.41, 5.74) is 7.90. The van der Waals surface area contributed by atoms with E-state index in [1.807, 2.05) is 38.4 Å². The molecule has 2 amide bonds. The van der Waals surface area contributed by atoms with E-state index in [2.05, 4.69) is 54.0 Å². The lowest BCUT2D eigenvalue weighted by molar-refractivity contribution is -0.146. The third-order valence-electron chi connectivity index (χ3n) is 7.78. The van der Waals surface area contributed by atoms with E-state index < -0.39 is 19.9 Å². The summed E-state index contributed by atoms with van der Waals surface area (Å²) in [4.78, 5) is 35.0. The lowest BCUT2D eigenvalue weighted by Crippen LogP contribution is -2.46. The van der Waals surface area contributed by atoms with Gasteiger partial charge in [-0.15, -0.1) is 0 Å². The van der Waals surface area contributed by atoms with E-state index in [0.717, 1.165) is 36.4 Å². The first-order chi connectivity index (χ1) is 20.3. The molecule has 12 heteroatoms. The zero-order valence-corrected chi connectivity index (χ0v) is 27.7. The molecule has 0 unspecified atom stereocenters. The van der Waals surface area contributed by atoms with E-state index in [0.29, 0.717) is 31.0 Å². The second-order valence-corrected chi connectivity index (χ2v) is 18.5. The fraction of sp³-hybridized carbons (Fsp3) is 0.548. The minimum absolute atomic E-state index is 0.135. The number of nitrogens with one attached hydrogen (secondary N) is 3. The molecule has 0 radical (unpaired) electrons. The molecular weight excluding hydrogens is 562 g/mol. The van der Waals surface area contributed by atoms with Crippen LogP contribution in [0.15, 0.2) is 30.5 Å². The highest BCUT2D eigenvalue weighted by Crippen LogP contribution is 2.35. The van der Waals surface area contributed by atoms with Crippen molar-refractivity contribution in [2.75, 3.05) is 57.0 Å². The van der Waals surface area contributed by atoms with E-state index in [9.17, 15) is 9.59 Å². The number of piperidine rings is 1. The number of amides is 2. The van der Waals surface area contributed by atoms with Crippen LogP contribution in [0.5, 0.6) is 5.75 Å². The molecule has 1 saturated heterocycles. The van der Waals surface area contributed by atoms with Gasteiger partial charge in [0, 0.05) is 33.5 Å². The van der Waals surface area contributed by atoms with Crippen molar-refractivity contribution < 1.29 is 19.1 Å². The Bertz CT molecular complexity index is 1270. The number of rotatable bonds is 13. The SMILES string of the molecule is C[C@H]1CC[C@H](c2cccc(OC[C@H](C)N(C)C)c2)N(C(=O)C(=O)Nc2cnc(N)c(C=N)c2NCOCC[Si](C)(C)C)C1. The number of nitrogens with zero attached hydrogens (tertiary/aromatic N) is 3. The molecule has 1 aromatic heterocycles. The summed E-state index contributed by atoms with van der Waals surface area (Å²) < 4.78 is 11.8. The number of carbonyl (C=O) groups is 2. The van der Waals surface area contributed by atoms with Gasteiger partial charge in [-0.05, 0) is 63.5 Å². The molecule has 3 rings (SSSR count). The minimum atomic E-state index is -1.25. The largest absolute Gasteiger partial charge is 0.492 e. The quantitative estimate of drug-likeness (QED) is 0.0842. The van der Waals surface area contributed by atoms with Crippen molar-refractivity contribution in [2.45, 2.75) is 64.5 Å². The summed E-state index contributed by atoms with van der Waals surface area (Å²) in [7, 11) is 2.77. The maximum atomic E-state index is 13.7. The number of pyridine rings is 1. The zero-order valence-electron chi connectivity index (χ0n) is 26.7. The Morgan fingerprint density at radius 1 is 1.28 bits per heavy atom. The van der Waals surface area contributed by atoms with Gasteiger partial charge in [0.15, 0.2) is 0 Å². The second kappa shape index (κ2) is 15.3. The predicted molar refractivity (Wildman–Crippen MR) is 176 cm³/mol. The van der Waals surface area contributed by atoms with Crippen LogP contribution in [0.25, 0.3) is 0 Å². The molecule has 1 aromatic carbocycles. The van der Waals surface area contributed by atoms with Crippen LogP contribution in [0.1, 0.15) is 43.9 Å². The highest BCUT2D eigenvalue weighted by atomic mass is 28.3. The standard InChI is InChI=1S/C31H49N7O4Si/c1-21-11-12-27(23-9-8-10-24(15-23)42-19-22(2)37(3)4)38(18-21)31(40)30(39)36-26-17-34-29(33)25(16-32)28(26)35-20-41-13-14-43(5,6)7/h8-10,15-17,21-22,27,32H,11-14,18-20H2,1-7H3,(H,36,39)(H3,33,34,35)/t21-,22-,27+/m0/s1. The zero-order chi connectivity index (χ0) is 31.7. The summed E-state index contributed by atoms with van der Waals surface area (Å²) in [6.45, 7) is 12.7. The van der Waals surface area contributed by atoms with Crippen LogP contribution in [0.4, 0.5) is 17.2 Å². The Labute approximate surface area is 257 Å². The molecule has 11 nitrogen and oxygen atoms in total. The van der Waals surface area contributed by atoms with Crippen molar-refractivity contribution in [3.63, 3.8) is 0 Å². The summed E-state index contributed by atoms with van der Waals surface area (Å²) in [6.07, 6.45) is 4.14. The van der Waals surface area contributed by atoms with Gasteiger partial charge in [0.2, 0.25) is 0 Å². The van der Waals surface area contributed by atoms with E-state index in [1.165, 1.54) is 6.20 Å². The maximum Gasteiger partial charge on any atom is 0.314 e. The van der Waals surface area contributed by atoms with Crippen molar-refractivity contribution in [3.05, 3.63) is 41.6 Å². The molecule has 0 spiro atoms. The average Bonchev–Trinajstić information content (AvgIpc) is 2.96. The summed E-state index contributed by atoms with van der Waals surface area (Å²) in [5.74, 6) is -0.291. The fourth-order valence-electron chi connectivity index (χ4n) is 4.75. The number of nitrogen functional groups attached to an aromatic ring is 1. The normalized spacial score (nSPS) is 17.8. The van der Waals surface area contributed by atoms with E-state index in [4.69, 9.17) is 20.6 Å². The molecular formula is C31H49N7O4Si. The highest BCUT2D eigenvalue weighted by molar-refractivity contribution is 6.76. The van der Waals surface area contributed by atoms with E-state index >= 15 is 0 Å². The molecule has 1 fully saturated rings. The molecule has 0 saturated carbocycles. The second-order valence-electron chi connectivity index (χ2n) is 12.8. The van der Waals surface area contributed by atoms with Crippen LogP contribution >= 0.6 is 0 Å². The number of likely N-dealkylation sites (tertiary alicyclic amines) is 1. The Kier molecular flexibility index (Phi) is 12.1. The van der Waals surface area contributed by atoms with Gasteiger partial charge in [0.25, 0.3) is 0 Å². The maximum absolute atomic E-state index is 13.7. The average molecular weight is 612 g/mol. The fourth-order valence-corrected chi connectivity index (χ4v) is 5.51. The number of benzene rings is 1. The summed E-state index contributed by atoms with van der Waals surface area (Å²) >= 11 is 0. The third kappa shape index (κ3) is 9.77. The summed E-state index contributed by atoms with van der Waals surface area (Å²) in [5, 5.41) is 13.7. The number of hydrogen-bond donors (Lipinski definition) is 4. The first-order valence-electron chi connectivity index (χ1n) is 14.9. The minimum Gasteiger partial charge on any atom is -0.492 e. The Morgan fingerprint density at radius 2 is 2.02 bits per heavy atom. The molecule has 43 heavy (non-hydrogen) atoms. The predicted octanol–water partition coefficient (Wildman–Crippen LogP) is 4.65. The molecule has 1 aliphatic heterocycles. The third-order valence-corrected chi connectivity index (χ3v) is 9.48. The van der Waals surface area contributed by atoms with Gasteiger partial charge >= 0.3 is 11.8 Å². The van der Waals surface area contributed by atoms with Crippen molar-refractivity contribution in [3.8, 4) is 5.75 Å². The lowest BCUT2D eigenvalue weighted by atomic mass is 9.89. The van der Waals surface area contributed by atoms with Crippen LogP contribution in [-0.2, 0) is 14.3 Å². The number of aromatic nitrogens is 1. The molecule has 2 heterocycles. The molecule has 0 bridgehead atoms. The topological polar surface area (TPSA) is 146 Å². The van der Waals surface area contributed by atoms with Crippen molar-refractivity contribution in [1.82, 2.24) is 14.8 Å². The molecule has 5 N–H and O–H groups in total. The van der Waals surface area contributed by atoms with Gasteiger partial charge in [-0.2, -0.15) is 0 Å². The van der Waals surface area contributed by atoms with Crippen LogP contribution in [0, 0.1) is 11.3 Å². The van der Waals surface area contributed by atoms with Crippen LogP contribution in [0.2, 0.25) is 25.7 Å². The molecule has 3 atom stereocenters. The summed E-state index contributed by atoms with van der Waals surface area (Å²) in [6, 6.07) is 8.76. The van der Waals surface area contributed by atoms with Crippen molar-refractivity contribution in [1.29, 1.82) is 5.41 Å². The molecule has 0 aliphatic carbocycles. The van der Waals surface area contributed by atoms with Crippen LogP contribution in [-0.4, -0.2) is 87.5 Å². The molecule has 2 aromatic rings. The van der Waals surface area contributed by atoms with Gasteiger partial charge in [-0.25, -0.2) is 4.98 Å². The van der Waals surface area contributed by atoms with Gasteiger partial charge in [-0.3, -0.25) is 9.59 Å². The number of nitrogens with two attached hydrogens (primary N) is 1. The Balaban J connectivity index is 1.77. The monoisotopic (exact) mass is 611 g/mol. The number of ether oxygens (including phenoxy) is 2.